The maximum absolute atomic E-state index is 12.6. The summed E-state index contributed by atoms with van der Waals surface area (Å²) in [6.45, 7) is 6.14. The zero-order valence-electron chi connectivity index (χ0n) is 19.9. The smallest absolute Gasteiger partial charge is 0.338 e. The van der Waals surface area contributed by atoms with E-state index in [2.05, 4.69) is 17.6 Å². The molecule has 8 nitrogen and oxygen atoms in total. The first-order chi connectivity index (χ1) is 16.9. The Balaban J connectivity index is 1.36. The van der Waals surface area contributed by atoms with Crippen molar-refractivity contribution in [1.29, 1.82) is 0 Å². The molecule has 1 amide bonds. The molecule has 182 valence electrons. The molecule has 4 rings (SSSR count). The van der Waals surface area contributed by atoms with Gasteiger partial charge in [-0.3, -0.25) is 14.4 Å². The van der Waals surface area contributed by atoms with Crippen LogP contribution in [0.1, 0.15) is 53.0 Å². The van der Waals surface area contributed by atoms with E-state index in [0.29, 0.717) is 40.7 Å². The van der Waals surface area contributed by atoms with Gasteiger partial charge in [-0.25, -0.2) is 4.79 Å². The van der Waals surface area contributed by atoms with Gasteiger partial charge >= 0.3 is 5.97 Å². The molecule has 0 aromatic heterocycles. The Hall–Kier alpha value is -3.94. The van der Waals surface area contributed by atoms with Crippen LogP contribution in [0.4, 0.5) is 17.1 Å². The maximum Gasteiger partial charge on any atom is 0.338 e. The minimum Gasteiger partial charge on any atom is -0.462 e. The molecule has 0 spiro atoms. The van der Waals surface area contributed by atoms with Gasteiger partial charge in [-0.05, 0) is 61.6 Å². The minimum atomic E-state index is -0.473. The summed E-state index contributed by atoms with van der Waals surface area (Å²) in [5.41, 5.74) is 2.18. The molecule has 0 aliphatic carbocycles. The van der Waals surface area contributed by atoms with Crippen LogP contribution >= 0.6 is 0 Å². The fourth-order valence-electron chi connectivity index (χ4n) is 4.18. The minimum absolute atomic E-state index is 0.275. The van der Waals surface area contributed by atoms with E-state index >= 15 is 0 Å². The van der Waals surface area contributed by atoms with E-state index in [4.69, 9.17) is 4.74 Å². The van der Waals surface area contributed by atoms with Gasteiger partial charge in [0.25, 0.3) is 16.8 Å². The van der Waals surface area contributed by atoms with Gasteiger partial charge in [-0.2, -0.15) is 0 Å². The number of ether oxygens (including phenoxy) is 1. The van der Waals surface area contributed by atoms with Crippen LogP contribution in [0, 0.1) is 5.92 Å². The second-order valence-corrected chi connectivity index (χ2v) is 8.86. The lowest BCUT2D eigenvalue weighted by atomic mass is 9.98. The molecule has 1 fully saturated rings. The van der Waals surface area contributed by atoms with Crippen LogP contribution in [0.25, 0.3) is 0 Å². The van der Waals surface area contributed by atoms with Crippen molar-refractivity contribution in [2.45, 2.75) is 33.2 Å². The van der Waals surface area contributed by atoms with Crippen molar-refractivity contribution < 1.29 is 14.3 Å². The van der Waals surface area contributed by atoms with Crippen LogP contribution in [-0.2, 0) is 11.3 Å². The number of rotatable bonds is 8. The summed E-state index contributed by atoms with van der Waals surface area (Å²) in [6.07, 6.45) is 2.02. The van der Waals surface area contributed by atoms with Crippen molar-refractivity contribution in [3.8, 4) is 0 Å². The third-order valence-corrected chi connectivity index (χ3v) is 6.30. The third kappa shape index (κ3) is 5.42. The Kier molecular flexibility index (Phi) is 7.29. The molecule has 1 aliphatic heterocycles. The average Bonchev–Trinajstić information content (AvgIpc) is 2.87. The van der Waals surface area contributed by atoms with Gasteiger partial charge < -0.3 is 20.3 Å². The van der Waals surface area contributed by atoms with Crippen LogP contribution < -0.4 is 26.4 Å². The lowest BCUT2D eigenvalue weighted by Crippen LogP contribution is -2.45. The summed E-state index contributed by atoms with van der Waals surface area (Å²) in [6, 6.07) is 13.5. The lowest BCUT2D eigenvalue weighted by molar-refractivity contribution is 0.0526. The molecule has 3 aromatic carbocycles. The molecule has 0 unspecified atom stereocenters. The largest absolute Gasteiger partial charge is 0.462 e. The predicted octanol–water partition coefficient (Wildman–Crippen LogP) is 3.56. The topological polar surface area (TPSA) is 105 Å². The van der Waals surface area contributed by atoms with E-state index in [-0.39, 0.29) is 12.5 Å². The molecule has 0 bridgehead atoms. The molecule has 1 saturated heterocycles. The van der Waals surface area contributed by atoms with Crippen LogP contribution in [-0.4, -0.2) is 31.6 Å². The van der Waals surface area contributed by atoms with Gasteiger partial charge in [-0.1, -0.05) is 25.1 Å². The molecule has 1 aliphatic rings. The van der Waals surface area contributed by atoms with Crippen molar-refractivity contribution in [3.63, 3.8) is 0 Å². The number of nitrogens with zero attached hydrogens (tertiary/aromatic N) is 1. The first-order valence-electron chi connectivity index (χ1n) is 11.9. The quantitative estimate of drug-likeness (QED) is 0.379. The summed E-state index contributed by atoms with van der Waals surface area (Å²) < 4.78 is 4.99. The molecule has 0 saturated carbocycles. The maximum atomic E-state index is 12.6. The van der Waals surface area contributed by atoms with E-state index in [1.165, 1.54) is 0 Å². The average molecular weight is 476 g/mol. The summed E-state index contributed by atoms with van der Waals surface area (Å²) in [5.74, 6) is -0.124. The number of anilines is 3. The highest BCUT2D eigenvalue weighted by atomic mass is 16.5. The van der Waals surface area contributed by atoms with Crippen molar-refractivity contribution >= 4 is 28.9 Å². The van der Waals surface area contributed by atoms with Crippen LogP contribution in [0.3, 0.4) is 0 Å². The highest BCUT2D eigenvalue weighted by Gasteiger charge is 2.28. The number of piperidine rings is 1. The standard InChI is InChI=1S/C27H29N3O5/c1-3-35-27(34)20-5-4-6-21(15-20)29-26(33)19-9-7-18(8-10-19)16-28-22-23(25(32)24(22)31)30-13-11-17(2)12-14-30/h4-10,15,17,28H,3,11-14,16H2,1-2H3,(H,29,33). The molecule has 2 N–H and O–H groups in total. The summed E-state index contributed by atoms with van der Waals surface area (Å²) >= 11 is 0. The van der Waals surface area contributed by atoms with E-state index in [9.17, 15) is 19.2 Å². The van der Waals surface area contributed by atoms with E-state index in [0.717, 1.165) is 31.5 Å². The van der Waals surface area contributed by atoms with Gasteiger partial charge in [-0.15, -0.1) is 0 Å². The first-order valence-corrected chi connectivity index (χ1v) is 11.9. The third-order valence-electron chi connectivity index (χ3n) is 6.30. The number of carbonyl (C=O) groups is 2. The van der Waals surface area contributed by atoms with Crippen molar-refractivity contribution in [3.05, 3.63) is 85.7 Å². The lowest BCUT2D eigenvalue weighted by Gasteiger charge is -2.33. The molecular formula is C27H29N3O5. The van der Waals surface area contributed by atoms with E-state index in [1.807, 2.05) is 4.90 Å². The van der Waals surface area contributed by atoms with Crippen LogP contribution in [0.15, 0.2) is 58.1 Å². The van der Waals surface area contributed by atoms with Crippen LogP contribution in [0.2, 0.25) is 0 Å². The van der Waals surface area contributed by atoms with E-state index in [1.54, 1.807) is 55.5 Å². The fraction of sp³-hybridized carbons (Fsp3) is 0.333. The monoisotopic (exact) mass is 475 g/mol. The first kappa shape index (κ1) is 24.2. The van der Waals surface area contributed by atoms with Gasteiger partial charge in [0.05, 0.1) is 12.2 Å². The SMILES string of the molecule is CCOC(=O)c1cccc(NC(=O)c2ccc(CNc3c(N4CCC(C)CC4)c(=O)c3=O)cc2)c1. The highest BCUT2D eigenvalue weighted by Crippen LogP contribution is 2.26. The number of hydrogen-bond acceptors (Lipinski definition) is 7. The summed E-state index contributed by atoms with van der Waals surface area (Å²) in [7, 11) is 0. The van der Waals surface area contributed by atoms with Crippen molar-refractivity contribution in [2.24, 2.45) is 5.92 Å². The molecule has 3 aromatic rings. The number of nitrogens with one attached hydrogen (secondary N) is 2. The van der Waals surface area contributed by atoms with Crippen LogP contribution in [0.5, 0.6) is 0 Å². The summed E-state index contributed by atoms with van der Waals surface area (Å²) in [4.78, 5) is 50.9. The second kappa shape index (κ2) is 10.5. The predicted molar refractivity (Wildman–Crippen MR) is 136 cm³/mol. The molecule has 8 heteroatoms. The molecule has 35 heavy (non-hydrogen) atoms. The summed E-state index contributed by atoms with van der Waals surface area (Å²) in [5, 5.41) is 5.90. The number of hydrogen-bond donors (Lipinski definition) is 2. The Morgan fingerprint density at radius 3 is 2.40 bits per heavy atom. The highest BCUT2D eigenvalue weighted by molar-refractivity contribution is 6.04. The number of benzene rings is 2. The Morgan fingerprint density at radius 1 is 1.00 bits per heavy atom. The van der Waals surface area contributed by atoms with Gasteiger partial charge in [0.1, 0.15) is 11.4 Å². The normalized spacial score (nSPS) is 14.1. The van der Waals surface area contributed by atoms with Gasteiger partial charge in [0, 0.05) is 30.9 Å². The molecule has 0 atom stereocenters. The van der Waals surface area contributed by atoms with E-state index < -0.39 is 16.8 Å². The molecular weight excluding hydrogens is 446 g/mol. The zero-order valence-corrected chi connectivity index (χ0v) is 19.9. The van der Waals surface area contributed by atoms with Gasteiger partial charge in [0.15, 0.2) is 0 Å². The van der Waals surface area contributed by atoms with Crippen molar-refractivity contribution in [2.75, 3.05) is 35.2 Å². The Labute approximate surface area is 203 Å². The Morgan fingerprint density at radius 2 is 1.71 bits per heavy atom. The fourth-order valence-corrected chi connectivity index (χ4v) is 4.18. The zero-order chi connectivity index (χ0) is 24.9. The molecule has 0 radical (unpaired) electrons. The number of esters is 1. The number of carbonyl (C=O) groups excluding carboxylic acids is 2. The van der Waals surface area contributed by atoms with Gasteiger partial charge in [0.2, 0.25) is 0 Å². The Bertz CT molecular complexity index is 1280. The number of amides is 1. The van der Waals surface area contributed by atoms with Crippen molar-refractivity contribution in [1.82, 2.24) is 0 Å². The molecule has 1 heterocycles. The second-order valence-electron chi connectivity index (χ2n) is 8.86.